The van der Waals surface area contributed by atoms with Gasteiger partial charge in [-0.1, -0.05) is 18.2 Å². The Morgan fingerprint density at radius 3 is 2.59 bits per heavy atom. The summed E-state index contributed by atoms with van der Waals surface area (Å²) in [5, 5.41) is 6.93. The first-order valence-corrected chi connectivity index (χ1v) is 11.0. The van der Waals surface area contributed by atoms with Gasteiger partial charge in [-0.25, -0.2) is 4.79 Å². The molecule has 3 rings (SSSR count). The van der Waals surface area contributed by atoms with E-state index in [1.807, 2.05) is 6.92 Å². The summed E-state index contributed by atoms with van der Waals surface area (Å²) in [6, 6.07) is 11.0. The van der Waals surface area contributed by atoms with Crippen molar-refractivity contribution < 1.29 is 9.53 Å². The average Bonchev–Trinajstić information content (AvgIpc) is 3.23. The van der Waals surface area contributed by atoms with Crippen LogP contribution < -0.4 is 15.5 Å². The standard InChI is InChI=1S/C22H35N5O2/c1-3-23-21(25-19-11-14-26(15-12-19)22(28)29-4-2)24-16-18-10-13-27(17-18)20-8-6-5-7-9-20/h5-9,18-19H,3-4,10-17H2,1-2H3,(H2,23,24,25). The summed E-state index contributed by atoms with van der Waals surface area (Å²) >= 11 is 0. The third-order valence-electron chi connectivity index (χ3n) is 5.62. The highest BCUT2D eigenvalue weighted by molar-refractivity contribution is 5.80. The van der Waals surface area contributed by atoms with Crippen molar-refractivity contribution >= 4 is 17.7 Å². The lowest BCUT2D eigenvalue weighted by molar-refractivity contribution is 0.0963. The van der Waals surface area contributed by atoms with Crippen molar-refractivity contribution in [2.24, 2.45) is 10.9 Å². The van der Waals surface area contributed by atoms with Crippen LogP contribution in [0, 0.1) is 5.92 Å². The van der Waals surface area contributed by atoms with E-state index >= 15 is 0 Å². The predicted molar refractivity (Wildman–Crippen MR) is 117 cm³/mol. The SMILES string of the molecule is CCNC(=NCC1CCN(c2ccccc2)C1)NC1CCN(C(=O)OCC)CC1. The molecule has 29 heavy (non-hydrogen) atoms. The van der Waals surface area contributed by atoms with E-state index in [0.29, 0.717) is 18.6 Å². The van der Waals surface area contributed by atoms with Crippen molar-refractivity contribution in [2.75, 3.05) is 50.8 Å². The zero-order valence-electron chi connectivity index (χ0n) is 17.8. The molecule has 2 fully saturated rings. The van der Waals surface area contributed by atoms with Crippen molar-refractivity contribution in [1.29, 1.82) is 0 Å². The molecule has 7 heteroatoms. The van der Waals surface area contributed by atoms with Gasteiger partial charge in [-0.3, -0.25) is 4.99 Å². The van der Waals surface area contributed by atoms with Crippen LogP contribution in [-0.2, 0) is 4.74 Å². The third kappa shape index (κ3) is 6.27. The van der Waals surface area contributed by atoms with Crippen LogP contribution in [0.5, 0.6) is 0 Å². The first-order chi connectivity index (χ1) is 14.2. The maximum Gasteiger partial charge on any atom is 0.409 e. The molecule has 0 bridgehead atoms. The molecule has 2 aliphatic heterocycles. The summed E-state index contributed by atoms with van der Waals surface area (Å²) in [6.07, 6.45) is 2.80. The summed E-state index contributed by atoms with van der Waals surface area (Å²) in [4.78, 5) is 21.0. The summed E-state index contributed by atoms with van der Waals surface area (Å²) in [6.45, 7) is 9.65. The van der Waals surface area contributed by atoms with Crippen molar-refractivity contribution in [2.45, 2.75) is 39.2 Å². The smallest absolute Gasteiger partial charge is 0.409 e. The van der Waals surface area contributed by atoms with E-state index in [1.165, 1.54) is 12.1 Å². The van der Waals surface area contributed by atoms with Crippen LogP contribution in [0.4, 0.5) is 10.5 Å². The first kappa shape index (κ1) is 21.3. The molecule has 0 aromatic heterocycles. The summed E-state index contributed by atoms with van der Waals surface area (Å²) in [7, 11) is 0. The fourth-order valence-electron chi connectivity index (χ4n) is 4.01. The minimum Gasteiger partial charge on any atom is -0.450 e. The predicted octanol–water partition coefficient (Wildman–Crippen LogP) is 2.69. The lowest BCUT2D eigenvalue weighted by Crippen LogP contribution is -2.50. The van der Waals surface area contributed by atoms with Gasteiger partial charge >= 0.3 is 6.09 Å². The van der Waals surface area contributed by atoms with Gasteiger partial charge in [-0.2, -0.15) is 0 Å². The monoisotopic (exact) mass is 401 g/mol. The molecule has 1 unspecified atom stereocenters. The summed E-state index contributed by atoms with van der Waals surface area (Å²) in [5.41, 5.74) is 1.30. The van der Waals surface area contributed by atoms with Crippen LogP contribution in [0.3, 0.4) is 0 Å². The largest absolute Gasteiger partial charge is 0.450 e. The molecular weight excluding hydrogens is 366 g/mol. The van der Waals surface area contributed by atoms with Crippen molar-refractivity contribution in [1.82, 2.24) is 15.5 Å². The highest BCUT2D eigenvalue weighted by atomic mass is 16.6. The molecular formula is C22H35N5O2. The lowest BCUT2D eigenvalue weighted by atomic mass is 10.1. The number of piperidine rings is 1. The Balaban J connectivity index is 1.46. The maximum atomic E-state index is 11.9. The Morgan fingerprint density at radius 2 is 1.90 bits per heavy atom. The molecule has 1 aromatic rings. The van der Waals surface area contributed by atoms with Gasteiger partial charge in [-0.05, 0) is 51.2 Å². The number of amides is 1. The zero-order chi connectivity index (χ0) is 20.5. The van der Waals surface area contributed by atoms with Crippen LogP contribution in [0.1, 0.15) is 33.1 Å². The number of nitrogens with one attached hydrogen (secondary N) is 2. The van der Waals surface area contributed by atoms with Crippen molar-refractivity contribution in [3.63, 3.8) is 0 Å². The molecule has 1 aromatic carbocycles. The minimum atomic E-state index is -0.198. The molecule has 0 aliphatic carbocycles. The van der Waals surface area contributed by atoms with Crippen LogP contribution >= 0.6 is 0 Å². The molecule has 2 saturated heterocycles. The molecule has 0 saturated carbocycles. The van der Waals surface area contributed by atoms with E-state index in [4.69, 9.17) is 9.73 Å². The number of nitrogens with zero attached hydrogens (tertiary/aromatic N) is 3. The number of likely N-dealkylation sites (tertiary alicyclic amines) is 1. The minimum absolute atomic E-state index is 0.198. The van der Waals surface area contributed by atoms with Crippen LogP contribution in [-0.4, -0.2) is 68.9 Å². The Bertz CT molecular complexity index is 658. The number of anilines is 1. The van der Waals surface area contributed by atoms with Gasteiger partial charge in [0.05, 0.1) is 6.61 Å². The number of rotatable bonds is 6. The van der Waals surface area contributed by atoms with Gasteiger partial charge in [0.1, 0.15) is 0 Å². The molecule has 0 radical (unpaired) electrons. The van der Waals surface area contributed by atoms with Crippen LogP contribution in [0.15, 0.2) is 35.3 Å². The maximum absolute atomic E-state index is 11.9. The Hall–Kier alpha value is -2.44. The molecule has 0 spiro atoms. The normalized spacial score (nSPS) is 20.6. The molecule has 7 nitrogen and oxygen atoms in total. The van der Waals surface area contributed by atoms with Crippen LogP contribution in [0.2, 0.25) is 0 Å². The summed E-state index contributed by atoms with van der Waals surface area (Å²) < 4.78 is 5.10. The number of guanidine groups is 1. The third-order valence-corrected chi connectivity index (χ3v) is 5.62. The molecule has 1 amide bonds. The second kappa shape index (κ2) is 10.9. The van der Waals surface area contributed by atoms with Gasteiger partial charge in [0.2, 0.25) is 0 Å². The van der Waals surface area contributed by atoms with Gasteiger partial charge < -0.3 is 25.2 Å². The molecule has 1 atom stereocenters. The van der Waals surface area contributed by atoms with Gasteiger partial charge in [-0.15, -0.1) is 0 Å². The Labute approximate surface area is 174 Å². The zero-order valence-corrected chi connectivity index (χ0v) is 17.8. The van der Waals surface area contributed by atoms with E-state index in [2.05, 4.69) is 52.8 Å². The lowest BCUT2D eigenvalue weighted by Gasteiger charge is -2.32. The number of hydrogen-bond donors (Lipinski definition) is 2. The number of aliphatic imine (C=N–C) groups is 1. The molecule has 2 aliphatic rings. The highest BCUT2D eigenvalue weighted by Gasteiger charge is 2.25. The number of carbonyl (C=O) groups is 1. The van der Waals surface area contributed by atoms with E-state index < -0.39 is 0 Å². The molecule has 2 N–H and O–H groups in total. The first-order valence-electron chi connectivity index (χ1n) is 11.0. The second-order valence-corrected chi connectivity index (χ2v) is 7.76. The van der Waals surface area contributed by atoms with Gasteiger partial charge in [0, 0.05) is 51.0 Å². The van der Waals surface area contributed by atoms with E-state index in [9.17, 15) is 4.79 Å². The fourth-order valence-corrected chi connectivity index (χ4v) is 4.01. The van der Waals surface area contributed by atoms with Crippen LogP contribution in [0.25, 0.3) is 0 Å². The fraction of sp³-hybridized carbons (Fsp3) is 0.636. The second-order valence-electron chi connectivity index (χ2n) is 7.76. The number of ether oxygens (including phenoxy) is 1. The van der Waals surface area contributed by atoms with Crippen molar-refractivity contribution in [3.8, 4) is 0 Å². The topological polar surface area (TPSA) is 69.2 Å². The summed E-state index contributed by atoms with van der Waals surface area (Å²) in [5.74, 6) is 1.47. The van der Waals surface area contributed by atoms with Crippen molar-refractivity contribution in [3.05, 3.63) is 30.3 Å². The number of carbonyl (C=O) groups excluding carboxylic acids is 1. The Morgan fingerprint density at radius 1 is 1.14 bits per heavy atom. The molecule has 160 valence electrons. The quantitative estimate of drug-likeness (QED) is 0.567. The average molecular weight is 402 g/mol. The highest BCUT2D eigenvalue weighted by Crippen LogP contribution is 2.23. The van der Waals surface area contributed by atoms with Gasteiger partial charge in [0.15, 0.2) is 5.96 Å². The van der Waals surface area contributed by atoms with E-state index in [-0.39, 0.29) is 6.09 Å². The molecule has 2 heterocycles. The van der Waals surface area contributed by atoms with E-state index in [0.717, 1.165) is 58.1 Å². The van der Waals surface area contributed by atoms with E-state index in [1.54, 1.807) is 4.90 Å². The Kier molecular flexibility index (Phi) is 8.02. The number of para-hydroxylation sites is 1. The number of benzene rings is 1. The van der Waals surface area contributed by atoms with Gasteiger partial charge in [0.25, 0.3) is 0 Å². The number of hydrogen-bond acceptors (Lipinski definition) is 4.